The van der Waals surface area contributed by atoms with Gasteiger partial charge in [0.05, 0.1) is 5.56 Å². The number of halogens is 1. The third-order valence-corrected chi connectivity index (χ3v) is 2.40. The Bertz CT molecular complexity index is 379. The van der Waals surface area contributed by atoms with Crippen molar-refractivity contribution in [1.82, 2.24) is 0 Å². The molecule has 0 atom stereocenters. The van der Waals surface area contributed by atoms with E-state index in [1.807, 2.05) is 0 Å². The van der Waals surface area contributed by atoms with Crippen molar-refractivity contribution in [2.45, 2.75) is 6.92 Å². The van der Waals surface area contributed by atoms with Crippen molar-refractivity contribution in [2.24, 2.45) is 0 Å². The lowest BCUT2D eigenvalue weighted by Gasteiger charge is -2.08. The van der Waals surface area contributed by atoms with Crippen LogP contribution in [0.2, 0.25) is 0 Å². The second kappa shape index (κ2) is 5.14. The summed E-state index contributed by atoms with van der Waals surface area (Å²) >= 11 is 3.26. The zero-order valence-corrected chi connectivity index (χ0v) is 10.1. The van der Waals surface area contributed by atoms with Crippen molar-refractivity contribution in [1.29, 1.82) is 0 Å². The van der Waals surface area contributed by atoms with Crippen LogP contribution in [0.4, 0.5) is 5.69 Å². The van der Waals surface area contributed by atoms with E-state index in [9.17, 15) is 4.79 Å². The topological polar surface area (TPSA) is 61.5 Å². The van der Waals surface area contributed by atoms with Crippen molar-refractivity contribution >= 4 is 27.6 Å². The maximum Gasteiger partial charge on any atom is 0.340 e. The highest BCUT2D eigenvalue weighted by Crippen LogP contribution is 2.23. The summed E-state index contributed by atoms with van der Waals surface area (Å²) in [6.45, 7) is 1.70. The van der Waals surface area contributed by atoms with E-state index in [0.29, 0.717) is 16.8 Å². The molecule has 0 aliphatic carbocycles. The van der Waals surface area contributed by atoms with Gasteiger partial charge in [0.15, 0.2) is 6.79 Å². The quantitative estimate of drug-likeness (QED) is 0.521. The minimum atomic E-state index is -0.442. The fourth-order valence-corrected chi connectivity index (χ4v) is 1.58. The Morgan fingerprint density at radius 1 is 1.53 bits per heavy atom. The monoisotopic (exact) mass is 273 g/mol. The number of esters is 1. The van der Waals surface area contributed by atoms with Crippen LogP contribution in [-0.4, -0.2) is 19.9 Å². The van der Waals surface area contributed by atoms with Crippen molar-refractivity contribution in [3.8, 4) is 0 Å². The summed E-state index contributed by atoms with van der Waals surface area (Å²) < 4.78 is 10.2. The molecule has 0 bridgehead atoms. The second-order valence-corrected chi connectivity index (χ2v) is 3.92. The molecule has 0 spiro atoms. The zero-order valence-electron chi connectivity index (χ0n) is 8.54. The maximum atomic E-state index is 11.6. The molecule has 0 aliphatic heterocycles. The number of methoxy groups -OCH3 is 1. The second-order valence-electron chi connectivity index (χ2n) is 3.01. The normalized spacial score (nSPS) is 10.1. The maximum absolute atomic E-state index is 11.6. The first-order chi connectivity index (χ1) is 7.06. The van der Waals surface area contributed by atoms with E-state index in [2.05, 4.69) is 20.7 Å². The van der Waals surface area contributed by atoms with E-state index in [-0.39, 0.29) is 6.79 Å². The number of ether oxygens (including phenoxy) is 2. The Kier molecular flexibility index (Phi) is 4.11. The molecular weight excluding hydrogens is 262 g/mol. The molecule has 1 rings (SSSR count). The highest BCUT2D eigenvalue weighted by Gasteiger charge is 2.13. The molecule has 5 heteroatoms. The van der Waals surface area contributed by atoms with Crippen LogP contribution in [0.5, 0.6) is 0 Å². The Hall–Kier alpha value is -1.07. The van der Waals surface area contributed by atoms with Gasteiger partial charge >= 0.3 is 5.97 Å². The van der Waals surface area contributed by atoms with Gasteiger partial charge in [0.1, 0.15) is 0 Å². The van der Waals surface area contributed by atoms with Gasteiger partial charge in [0.2, 0.25) is 0 Å². The summed E-state index contributed by atoms with van der Waals surface area (Å²) in [6.07, 6.45) is 0. The molecule has 2 N–H and O–H groups in total. The molecule has 4 nitrogen and oxygen atoms in total. The summed E-state index contributed by atoms with van der Waals surface area (Å²) in [6, 6.07) is 3.41. The van der Waals surface area contributed by atoms with Gasteiger partial charge in [-0.2, -0.15) is 0 Å². The van der Waals surface area contributed by atoms with Gasteiger partial charge in [-0.3, -0.25) is 0 Å². The van der Waals surface area contributed by atoms with E-state index >= 15 is 0 Å². The van der Waals surface area contributed by atoms with Crippen LogP contribution >= 0.6 is 15.9 Å². The van der Waals surface area contributed by atoms with Gasteiger partial charge in [-0.25, -0.2) is 4.79 Å². The third kappa shape index (κ3) is 2.94. The SMILES string of the molecule is COCOC(=O)c1cc(Br)cc(N)c1C. The van der Waals surface area contributed by atoms with E-state index in [1.165, 1.54) is 7.11 Å². The summed E-state index contributed by atoms with van der Waals surface area (Å²) in [5, 5.41) is 0. The van der Waals surface area contributed by atoms with Gasteiger partial charge in [0.25, 0.3) is 0 Å². The van der Waals surface area contributed by atoms with Crippen molar-refractivity contribution in [3.05, 3.63) is 27.7 Å². The summed E-state index contributed by atoms with van der Waals surface area (Å²) in [7, 11) is 1.45. The van der Waals surface area contributed by atoms with Gasteiger partial charge in [-0.1, -0.05) is 15.9 Å². The number of hydrogen-bond donors (Lipinski definition) is 1. The summed E-state index contributed by atoms with van der Waals surface area (Å²) in [4.78, 5) is 11.6. The molecule has 0 saturated carbocycles. The Morgan fingerprint density at radius 2 is 2.20 bits per heavy atom. The summed E-state index contributed by atoms with van der Waals surface area (Å²) in [5.74, 6) is -0.442. The molecule has 1 aromatic carbocycles. The molecule has 15 heavy (non-hydrogen) atoms. The Morgan fingerprint density at radius 3 is 2.80 bits per heavy atom. The number of anilines is 1. The van der Waals surface area contributed by atoms with E-state index in [4.69, 9.17) is 10.5 Å². The van der Waals surface area contributed by atoms with Crippen LogP contribution in [0.3, 0.4) is 0 Å². The molecular formula is C10H12BrNO3. The smallest absolute Gasteiger partial charge is 0.340 e. The predicted molar refractivity (Wildman–Crippen MR) is 60.6 cm³/mol. The minimum Gasteiger partial charge on any atom is -0.435 e. The minimum absolute atomic E-state index is 0.0648. The first kappa shape index (κ1) is 12.0. The lowest BCUT2D eigenvalue weighted by molar-refractivity contribution is -0.0125. The third-order valence-electron chi connectivity index (χ3n) is 1.94. The lowest BCUT2D eigenvalue weighted by atomic mass is 10.1. The van der Waals surface area contributed by atoms with Gasteiger partial charge in [-0.05, 0) is 24.6 Å². The molecule has 82 valence electrons. The predicted octanol–water partition coefficient (Wildman–Crippen LogP) is 2.10. The number of rotatable bonds is 3. The molecule has 0 amide bonds. The molecule has 0 unspecified atom stereocenters. The number of hydrogen-bond acceptors (Lipinski definition) is 4. The van der Waals surface area contributed by atoms with Gasteiger partial charge < -0.3 is 15.2 Å². The molecule has 1 aromatic rings. The lowest BCUT2D eigenvalue weighted by Crippen LogP contribution is -2.10. The number of benzene rings is 1. The molecule has 0 radical (unpaired) electrons. The molecule has 0 saturated heterocycles. The first-order valence-corrected chi connectivity index (χ1v) is 5.07. The zero-order chi connectivity index (χ0) is 11.4. The highest BCUT2D eigenvalue weighted by atomic mass is 79.9. The van der Waals surface area contributed by atoms with Gasteiger partial charge in [0, 0.05) is 17.3 Å². The number of nitrogens with two attached hydrogens (primary N) is 1. The highest BCUT2D eigenvalue weighted by molar-refractivity contribution is 9.10. The Labute approximate surface area is 96.5 Å². The van der Waals surface area contributed by atoms with Crippen LogP contribution < -0.4 is 5.73 Å². The largest absolute Gasteiger partial charge is 0.435 e. The van der Waals surface area contributed by atoms with Crippen LogP contribution in [-0.2, 0) is 9.47 Å². The van der Waals surface area contributed by atoms with E-state index in [0.717, 1.165) is 4.47 Å². The molecule has 0 fully saturated rings. The van der Waals surface area contributed by atoms with Crippen molar-refractivity contribution < 1.29 is 14.3 Å². The molecule has 0 heterocycles. The summed E-state index contributed by atoms with van der Waals surface area (Å²) in [5.41, 5.74) is 7.42. The van der Waals surface area contributed by atoms with Crippen molar-refractivity contribution in [3.63, 3.8) is 0 Å². The first-order valence-electron chi connectivity index (χ1n) is 4.28. The van der Waals surface area contributed by atoms with Crippen LogP contribution in [0.25, 0.3) is 0 Å². The standard InChI is InChI=1S/C10H12BrNO3/c1-6-8(10(13)15-5-14-2)3-7(11)4-9(6)12/h3-4H,5,12H2,1-2H3. The number of carbonyl (C=O) groups is 1. The van der Waals surface area contributed by atoms with Crippen molar-refractivity contribution in [2.75, 3.05) is 19.6 Å². The number of carbonyl (C=O) groups excluding carboxylic acids is 1. The van der Waals surface area contributed by atoms with Crippen LogP contribution in [0.1, 0.15) is 15.9 Å². The molecule has 0 aromatic heterocycles. The number of nitrogen functional groups attached to an aromatic ring is 1. The average Bonchev–Trinajstić information content (AvgIpc) is 2.19. The average molecular weight is 274 g/mol. The van der Waals surface area contributed by atoms with Crippen LogP contribution in [0.15, 0.2) is 16.6 Å². The van der Waals surface area contributed by atoms with E-state index < -0.39 is 5.97 Å². The fraction of sp³-hybridized carbons (Fsp3) is 0.300. The fourth-order valence-electron chi connectivity index (χ4n) is 1.10. The van der Waals surface area contributed by atoms with Crippen LogP contribution in [0, 0.1) is 6.92 Å². The Balaban J connectivity index is 2.98. The van der Waals surface area contributed by atoms with E-state index in [1.54, 1.807) is 19.1 Å². The molecule has 0 aliphatic rings. The van der Waals surface area contributed by atoms with Gasteiger partial charge in [-0.15, -0.1) is 0 Å².